The van der Waals surface area contributed by atoms with Crippen molar-refractivity contribution in [2.24, 2.45) is 0 Å². The summed E-state index contributed by atoms with van der Waals surface area (Å²) in [5.74, 6) is -0.526. The molecule has 1 aliphatic heterocycles. The highest BCUT2D eigenvalue weighted by molar-refractivity contribution is 5.97. The van der Waals surface area contributed by atoms with Crippen molar-refractivity contribution in [1.29, 1.82) is 0 Å². The molecule has 0 saturated heterocycles. The second kappa shape index (κ2) is 8.49. The molecule has 0 spiro atoms. The van der Waals surface area contributed by atoms with Crippen LogP contribution in [0, 0.1) is 0 Å². The fourth-order valence-electron chi connectivity index (χ4n) is 3.19. The van der Waals surface area contributed by atoms with Gasteiger partial charge in [0.25, 0.3) is 0 Å². The first-order chi connectivity index (χ1) is 13.1. The molecule has 2 amide bonds. The van der Waals surface area contributed by atoms with Crippen molar-refractivity contribution >= 4 is 23.5 Å². The Morgan fingerprint density at radius 1 is 1.11 bits per heavy atom. The van der Waals surface area contributed by atoms with Gasteiger partial charge in [-0.25, -0.2) is 4.79 Å². The predicted octanol–water partition coefficient (Wildman–Crippen LogP) is 2.11. The van der Waals surface area contributed by atoms with E-state index in [1.807, 2.05) is 30.3 Å². The zero-order valence-corrected chi connectivity index (χ0v) is 15.2. The number of benzene rings is 2. The van der Waals surface area contributed by atoms with E-state index in [1.54, 1.807) is 23.1 Å². The average molecular weight is 366 g/mol. The molecule has 140 valence electrons. The standard InChI is InChI=1S/C21H22N2O4/c1-27-21(26)17-7-8-18-16(14-17)10-12-23(18)20(25)9-11-22-19(24)13-15-5-3-2-4-6-15/h2-8,14H,9-13H2,1H3,(H,22,24). The quantitative estimate of drug-likeness (QED) is 0.795. The lowest BCUT2D eigenvalue weighted by Crippen LogP contribution is -2.34. The highest BCUT2D eigenvalue weighted by Gasteiger charge is 2.25. The Balaban J connectivity index is 1.51. The smallest absolute Gasteiger partial charge is 0.337 e. The zero-order chi connectivity index (χ0) is 19.2. The van der Waals surface area contributed by atoms with Crippen LogP contribution in [-0.4, -0.2) is 38.0 Å². The van der Waals surface area contributed by atoms with E-state index in [9.17, 15) is 14.4 Å². The Bertz CT molecular complexity index is 849. The minimum absolute atomic E-state index is 0.0421. The van der Waals surface area contributed by atoms with Gasteiger partial charge in [-0.05, 0) is 35.7 Å². The van der Waals surface area contributed by atoms with Crippen LogP contribution in [0.25, 0.3) is 0 Å². The molecule has 0 radical (unpaired) electrons. The highest BCUT2D eigenvalue weighted by atomic mass is 16.5. The van der Waals surface area contributed by atoms with Crippen LogP contribution >= 0.6 is 0 Å². The highest BCUT2D eigenvalue weighted by Crippen LogP contribution is 2.29. The second-order valence-corrected chi connectivity index (χ2v) is 6.39. The molecule has 0 fully saturated rings. The average Bonchev–Trinajstić information content (AvgIpc) is 3.11. The lowest BCUT2D eigenvalue weighted by atomic mass is 10.1. The first-order valence-electron chi connectivity index (χ1n) is 8.90. The van der Waals surface area contributed by atoms with E-state index in [0.717, 1.165) is 16.8 Å². The Morgan fingerprint density at radius 3 is 2.63 bits per heavy atom. The minimum Gasteiger partial charge on any atom is -0.465 e. The van der Waals surface area contributed by atoms with Gasteiger partial charge < -0.3 is 15.0 Å². The minimum atomic E-state index is -0.385. The summed E-state index contributed by atoms with van der Waals surface area (Å²) in [6.45, 7) is 0.882. The molecular weight excluding hydrogens is 344 g/mol. The van der Waals surface area contributed by atoms with Crippen molar-refractivity contribution in [3.63, 3.8) is 0 Å². The van der Waals surface area contributed by atoms with Gasteiger partial charge in [0.15, 0.2) is 0 Å². The number of esters is 1. The van der Waals surface area contributed by atoms with Gasteiger partial charge in [0, 0.05) is 25.2 Å². The van der Waals surface area contributed by atoms with Gasteiger partial charge in [-0.15, -0.1) is 0 Å². The third kappa shape index (κ3) is 4.53. The fourth-order valence-corrected chi connectivity index (χ4v) is 3.19. The third-order valence-electron chi connectivity index (χ3n) is 4.57. The summed E-state index contributed by atoms with van der Waals surface area (Å²) in [5.41, 5.74) is 3.21. The number of hydrogen-bond acceptors (Lipinski definition) is 4. The summed E-state index contributed by atoms with van der Waals surface area (Å²) in [6.07, 6.45) is 1.24. The Labute approximate surface area is 158 Å². The molecule has 0 saturated carbocycles. The van der Waals surface area contributed by atoms with Crippen LogP contribution < -0.4 is 10.2 Å². The summed E-state index contributed by atoms with van der Waals surface area (Å²) in [4.78, 5) is 37.8. The lowest BCUT2D eigenvalue weighted by molar-refractivity contribution is -0.121. The van der Waals surface area contributed by atoms with E-state index in [4.69, 9.17) is 4.74 Å². The second-order valence-electron chi connectivity index (χ2n) is 6.39. The van der Waals surface area contributed by atoms with E-state index < -0.39 is 0 Å². The fraction of sp³-hybridized carbons (Fsp3) is 0.286. The molecule has 0 aromatic heterocycles. The summed E-state index contributed by atoms with van der Waals surface area (Å²) in [5, 5.41) is 2.79. The number of ether oxygens (including phenoxy) is 1. The van der Waals surface area contributed by atoms with Crippen LogP contribution in [0.3, 0.4) is 0 Å². The van der Waals surface area contributed by atoms with Crippen molar-refractivity contribution < 1.29 is 19.1 Å². The first kappa shape index (κ1) is 18.6. The summed E-state index contributed by atoms with van der Waals surface area (Å²) < 4.78 is 4.73. The maximum Gasteiger partial charge on any atom is 0.337 e. The molecule has 6 heteroatoms. The van der Waals surface area contributed by atoms with Gasteiger partial charge in [0.1, 0.15) is 0 Å². The van der Waals surface area contributed by atoms with Crippen molar-refractivity contribution in [3.8, 4) is 0 Å². The zero-order valence-electron chi connectivity index (χ0n) is 15.2. The number of amides is 2. The molecule has 3 rings (SSSR count). The Kier molecular flexibility index (Phi) is 5.86. The first-order valence-corrected chi connectivity index (χ1v) is 8.90. The Hall–Kier alpha value is -3.15. The monoisotopic (exact) mass is 366 g/mol. The van der Waals surface area contributed by atoms with E-state index in [-0.39, 0.29) is 24.2 Å². The predicted molar refractivity (Wildman–Crippen MR) is 102 cm³/mol. The van der Waals surface area contributed by atoms with E-state index in [0.29, 0.717) is 31.5 Å². The van der Waals surface area contributed by atoms with Crippen LogP contribution in [0.1, 0.15) is 27.9 Å². The largest absolute Gasteiger partial charge is 0.465 e. The molecule has 2 aromatic carbocycles. The topological polar surface area (TPSA) is 75.7 Å². The number of anilines is 1. The molecule has 0 bridgehead atoms. The van der Waals surface area contributed by atoms with Gasteiger partial charge in [-0.3, -0.25) is 9.59 Å². The van der Waals surface area contributed by atoms with Crippen LogP contribution in [0.2, 0.25) is 0 Å². The molecule has 2 aromatic rings. The molecule has 1 aliphatic rings. The Morgan fingerprint density at radius 2 is 1.89 bits per heavy atom. The van der Waals surface area contributed by atoms with Crippen LogP contribution in [0.15, 0.2) is 48.5 Å². The molecule has 27 heavy (non-hydrogen) atoms. The van der Waals surface area contributed by atoms with Crippen LogP contribution in [0.4, 0.5) is 5.69 Å². The van der Waals surface area contributed by atoms with Gasteiger partial charge in [-0.2, -0.15) is 0 Å². The van der Waals surface area contributed by atoms with Crippen molar-refractivity contribution in [1.82, 2.24) is 5.32 Å². The van der Waals surface area contributed by atoms with Crippen molar-refractivity contribution in [3.05, 3.63) is 65.2 Å². The summed E-state index contributed by atoms with van der Waals surface area (Å²) in [6, 6.07) is 14.7. The van der Waals surface area contributed by atoms with E-state index >= 15 is 0 Å². The number of hydrogen-bond donors (Lipinski definition) is 1. The van der Waals surface area contributed by atoms with Crippen molar-refractivity contribution in [2.45, 2.75) is 19.3 Å². The van der Waals surface area contributed by atoms with Gasteiger partial charge >= 0.3 is 5.97 Å². The van der Waals surface area contributed by atoms with Gasteiger partial charge in [-0.1, -0.05) is 30.3 Å². The molecule has 0 unspecified atom stereocenters. The molecular formula is C21H22N2O4. The maximum absolute atomic E-state index is 12.5. The number of fused-ring (bicyclic) bond motifs is 1. The molecule has 6 nitrogen and oxygen atoms in total. The molecule has 1 N–H and O–H groups in total. The SMILES string of the molecule is COC(=O)c1ccc2c(c1)CCN2C(=O)CCNC(=O)Cc1ccccc1. The maximum atomic E-state index is 12.5. The number of nitrogens with one attached hydrogen (secondary N) is 1. The van der Waals surface area contributed by atoms with Crippen LogP contribution in [-0.2, 0) is 27.2 Å². The third-order valence-corrected chi connectivity index (χ3v) is 4.57. The van der Waals surface area contributed by atoms with Crippen molar-refractivity contribution in [2.75, 3.05) is 25.1 Å². The number of methoxy groups -OCH3 is 1. The van der Waals surface area contributed by atoms with E-state index in [2.05, 4.69) is 5.32 Å². The lowest BCUT2D eigenvalue weighted by Gasteiger charge is -2.17. The molecule has 0 aliphatic carbocycles. The number of carbonyl (C=O) groups is 3. The van der Waals surface area contributed by atoms with E-state index in [1.165, 1.54) is 7.11 Å². The number of nitrogens with zero attached hydrogens (tertiary/aromatic N) is 1. The number of carbonyl (C=O) groups excluding carboxylic acids is 3. The van der Waals surface area contributed by atoms with Gasteiger partial charge in [0.05, 0.1) is 19.1 Å². The number of rotatable bonds is 6. The normalized spacial score (nSPS) is 12.4. The molecule has 0 atom stereocenters. The summed E-state index contributed by atoms with van der Waals surface area (Å²) >= 11 is 0. The summed E-state index contributed by atoms with van der Waals surface area (Å²) in [7, 11) is 1.34. The van der Waals surface area contributed by atoms with Crippen LogP contribution in [0.5, 0.6) is 0 Å². The van der Waals surface area contributed by atoms with Gasteiger partial charge in [0.2, 0.25) is 11.8 Å². The molecule has 1 heterocycles.